The molecule has 1 aromatic rings. The number of fused-ring (bicyclic) bond motifs is 1. The molecule has 0 aliphatic carbocycles. The quantitative estimate of drug-likeness (QED) is 0.610. The summed E-state index contributed by atoms with van der Waals surface area (Å²) in [6.07, 6.45) is 0. The molecule has 0 unspecified atom stereocenters. The van der Waals surface area contributed by atoms with Crippen molar-refractivity contribution in [2.75, 3.05) is 7.11 Å². The maximum Gasteiger partial charge on any atom is 0.377 e. The summed E-state index contributed by atoms with van der Waals surface area (Å²) in [6, 6.07) is 3.36. The van der Waals surface area contributed by atoms with Crippen molar-refractivity contribution in [2.24, 2.45) is 0 Å². The first kappa shape index (κ1) is 10.6. The third-order valence-corrected chi connectivity index (χ3v) is 2.52. The third kappa shape index (κ3) is 1.55. The predicted octanol–water partition coefficient (Wildman–Crippen LogP) is 0.993. The van der Waals surface area contributed by atoms with Crippen LogP contribution >= 0.6 is 0 Å². The van der Waals surface area contributed by atoms with Crippen molar-refractivity contribution in [1.29, 1.82) is 0 Å². The van der Waals surface area contributed by atoms with E-state index < -0.39 is 11.8 Å². The molecule has 0 fully saturated rings. The zero-order chi connectivity index (χ0) is 11.7. The number of Topliss-reactive ketones (excluding diaryl/α,β-unsaturated/α-hetero) is 1. The number of hydrogen-bond acceptors (Lipinski definition) is 4. The second-order valence-electron chi connectivity index (χ2n) is 3.41. The minimum Gasteiger partial charge on any atom is -0.496 e. The number of ketones is 1. The van der Waals surface area contributed by atoms with Gasteiger partial charge in [0.2, 0.25) is 0 Å². The molecule has 0 bridgehead atoms. The van der Waals surface area contributed by atoms with Gasteiger partial charge in [-0.15, -0.1) is 0 Å². The first-order valence-corrected chi connectivity index (χ1v) is 4.69. The Morgan fingerprint density at radius 3 is 2.75 bits per heavy atom. The van der Waals surface area contributed by atoms with Crippen molar-refractivity contribution < 1.29 is 24.2 Å². The Kier molecular flexibility index (Phi) is 2.62. The van der Waals surface area contributed by atoms with Crippen LogP contribution < -0.4 is 4.74 Å². The molecule has 5 heteroatoms. The van der Waals surface area contributed by atoms with Gasteiger partial charge >= 0.3 is 5.97 Å². The highest BCUT2D eigenvalue weighted by Crippen LogP contribution is 2.31. The Morgan fingerprint density at radius 1 is 1.38 bits per heavy atom. The molecule has 1 aliphatic heterocycles. The SMILES string of the molecule is COc1ccc2c(c1C(=O)C(=O)O)COC2. The van der Waals surface area contributed by atoms with Gasteiger partial charge in [-0.3, -0.25) is 4.79 Å². The topological polar surface area (TPSA) is 72.8 Å². The molecule has 2 rings (SSSR count). The van der Waals surface area contributed by atoms with E-state index in [0.29, 0.717) is 12.2 Å². The second-order valence-corrected chi connectivity index (χ2v) is 3.41. The van der Waals surface area contributed by atoms with Gasteiger partial charge in [0.05, 0.1) is 25.9 Å². The summed E-state index contributed by atoms with van der Waals surface area (Å²) >= 11 is 0. The van der Waals surface area contributed by atoms with E-state index in [9.17, 15) is 9.59 Å². The summed E-state index contributed by atoms with van der Waals surface area (Å²) < 4.78 is 10.2. The number of benzene rings is 1. The van der Waals surface area contributed by atoms with Crippen LogP contribution in [0.4, 0.5) is 0 Å². The number of aliphatic carboxylic acids is 1. The Morgan fingerprint density at radius 2 is 2.12 bits per heavy atom. The van der Waals surface area contributed by atoms with Gasteiger partial charge in [0.1, 0.15) is 5.75 Å². The molecule has 0 saturated carbocycles. The molecule has 5 nitrogen and oxygen atoms in total. The van der Waals surface area contributed by atoms with E-state index in [1.165, 1.54) is 7.11 Å². The summed E-state index contributed by atoms with van der Waals surface area (Å²) in [5.74, 6) is -2.17. The molecule has 0 spiro atoms. The Bertz CT molecular complexity index is 464. The molecule has 84 valence electrons. The van der Waals surface area contributed by atoms with Gasteiger partial charge in [-0.2, -0.15) is 0 Å². The lowest BCUT2D eigenvalue weighted by Crippen LogP contribution is -2.16. The van der Waals surface area contributed by atoms with Gasteiger partial charge < -0.3 is 14.6 Å². The number of ether oxygens (including phenoxy) is 2. The van der Waals surface area contributed by atoms with Crippen molar-refractivity contribution in [1.82, 2.24) is 0 Å². The fraction of sp³-hybridized carbons (Fsp3) is 0.273. The average Bonchev–Trinajstić information content (AvgIpc) is 2.74. The third-order valence-electron chi connectivity index (χ3n) is 2.52. The van der Waals surface area contributed by atoms with E-state index in [1.807, 2.05) is 0 Å². The van der Waals surface area contributed by atoms with E-state index in [0.717, 1.165) is 5.56 Å². The molecule has 0 aromatic heterocycles. The van der Waals surface area contributed by atoms with Crippen molar-refractivity contribution in [3.8, 4) is 5.75 Å². The normalized spacial score (nSPS) is 13.3. The van der Waals surface area contributed by atoms with Crippen molar-refractivity contribution in [3.63, 3.8) is 0 Å². The van der Waals surface area contributed by atoms with E-state index >= 15 is 0 Å². The minimum absolute atomic E-state index is 0.102. The average molecular weight is 222 g/mol. The van der Waals surface area contributed by atoms with E-state index in [2.05, 4.69) is 0 Å². The number of carboxylic acids is 1. The monoisotopic (exact) mass is 222 g/mol. The van der Waals surface area contributed by atoms with Crippen molar-refractivity contribution in [2.45, 2.75) is 13.2 Å². The summed E-state index contributed by atoms with van der Waals surface area (Å²) in [6.45, 7) is 0.653. The standard InChI is InChI=1S/C11H10O5/c1-15-8-3-2-6-4-16-5-7(6)9(8)10(12)11(13)14/h2-3H,4-5H2,1H3,(H,13,14). The molecular weight excluding hydrogens is 212 g/mol. The lowest BCUT2D eigenvalue weighted by Gasteiger charge is -2.09. The Hall–Kier alpha value is -1.88. The molecule has 16 heavy (non-hydrogen) atoms. The first-order chi connectivity index (χ1) is 7.65. The van der Waals surface area contributed by atoms with Crippen LogP contribution in [0.1, 0.15) is 21.5 Å². The van der Waals surface area contributed by atoms with Gasteiger partial charge in [-0.25, -0.2) is 4.79 Å². The lowest BCUT2D eigenvalue weighted by molar-refractivity contribution is -0.131. The summed E-state index contributed by atoms with van der Waals surface area (Å²) in [4.78, 5) is 22.3. The summed E-state index contributed by atoms with van der Waals surface area (Å²) in [5, 5.41) is 8.74. The van der Waals surface area contributed by atoms with Gasteiger partial charge in [-0.05, 0) is 17.2 Å². The van der Waals surface area contributed by atoms with Crippen LogP contribution in [0.15, 0.2) is 12.1 Å². The van der Waals surface area contributed by atoms with Gasteiger partial charge in [0, 0.05) is 0 Å². The highest BCUT2D eigenvalue weighted by atomic mass is 16.5. The summed E-state index contributed by atoms with van der Waals surface area (Å²) in [5.41, 5.74) is 1.56. The van der Waals surface area contributed by atoms with Crippen molar-refractivity contribution >= 4 is 11.8 Å². The summed E-state index contributed by atoms with van der Waals surface area (Å²) in [7, 11) is 1.40. The maximum absolute atomic E-state index is 11.5. The van der Waals surface area contributed by atoms with Gasteiger partial charge in [0.25, 0.3) is 5.78 Å². The minimum atomic E-state index is -1.49. The Labute approximate surface area is 91.6 Å². The van der Waals surface area contributed by atoms with Crippen molar-refractivity contribution in [3.05, 3.63) is 28.8 Å². The zero-order valence-electron chi connectivity index (χ0n) is 8.65. The highest BCUT2D eigenvalue weighted by Gasteiger charge is 2.27. The fourth-order valence-electron chi connectivity index (χ4n) is 1.76. The number of carbonyl (C=O) groups is 2. The number of carboxylic acid groups (broad SMARTS) is 1. The van der Waals surface area contributed by atoms with Gasteiger partial charge in [0.15, 0.2) is 0 Å². The molecule has 0 radical (unpaired) electrons. The molecule has 1 N–H and O–H groups in total. The molecule has 0 saturated heterocycles. The lowest BCUT2D eigenvalue weighted by atomic mass is 9.99. The smallest absolute Gasteiger partial charge is 0.377 e. The second kappa shape index (κ2) is 3.94. The van der Waals surface area contributed by atoms with Crippen LogP contribution in [0.2, 0.25) is 0 Å². The van der Waals surface area contributed by atoms with E-state index in [4.69, 9.17) is 14.6 Å². The maximum atomic E-state index is 11.5. The molecule has 1 heterocycles. The Balaban J connectivity index is 2.60. The number of carbonyl (C=O) groups excluding carboxylic acids is 1. The zero-order valence-corrected chi connectivity index (χ0v) is 8.65. The molecule has 1 aromatic carbocycles. The predicted molar refractivity (Wildman–Crippen MR) is 53.5 cm³/mol. The van der Waals surface area contributed by atoms with Crippen LogP contribution in [-0.4, -0.2) is 24.0 Å². The van der Waals surface area contributed by atoms with Gasteiger partial charge in [-0.1, -0.05) is 6.07 Å². The fourth-order valence-corrected chi connectivity index (χ4v) is 1.76. The highest BCUT2D eigenvalue weighted by molar-refractivity contribution is 6.41. The van der Waals surface area contributed by atoms with E-state index in [-0.39, 0.29) is 17.9 Å². The van der Waals surface area contributed by atoms with Crippen LogP contribution in [0.3, 0.4) is 0 Å². The number of rotatable bonds is 3. The first-order valence-electron chi connectivity index (χ1n) is 4.69. The van der Waals surface area contributed by atoms with Crippen LogP contribution in [0.25, 0.3) is 0 Å². The van der Waals surface area contributed by atoms with Crippen LogP contribution in [0, 0.1) is 0 Å². The molecule has 0 atom stereocenters. The number of methoxy groups -OCH3 is 1. The number of hydrogen-bond donors (Lipinski definition) is 1. The van der Waals surface area contributed by atoms with E-state index in [1.54, 1.807) is 12.1 Å². The molecular formula is C11H10O5. The molecule has 1 aliphatic rings. The van der Waals surface area contributed by atoms with Crippen LogP contribution in [0.5, 0.6) is 5.75 Å². The largest absolute Gasteiger partial charge is 0.496 e. The molecule has 0 amide bonds. The van der Waals surface area contributed by atoms with Crippen LogP contribution in [-0.2, 0) is 22.7 Å².